The smallest absolute Gasteiger partial charge is 0.252 e. The summed E-state index contributed by atoms with van der Waals surface area (Å²) < 4.78 is 26.0. The number of hydrogen-bond acceptors (Lipinski definition) is 4. The predicted octanol–water partition coefficient (Wildman–Crippen LogP) is 1.79. The van der Waals surface area contributed by atoms with E-state index < -0.39 is 10.0 Å². The number of carbonyl (C=O) groups is 1. The molecule has 1 atom stereocenters. The average Bonchev–Trinajstić information content (AvgIpc) is 2.55. The largest absolute Gasteiger partial charge is 0.346 e. The monoisotopic (exact) mass is 333 g/mol. The fourth-order valence-corrected chi connectivity index (χ4v) is 2.90. The topological polar surface area (TPSA) is 88.2 Å². The van der Waals surface area contributed by atoms with E-state index in [-0.39, 0.29) is 16.8 Å². The van der Waals surface area contributed by atoms with Gasteiger partial charge in [-0.3, -0.25) is 9.78 Å². The fraction of sp³-hybridized carbons (Fsp3) is 0.250. The molecule has 0 bridgehead atoms. The lowest BCUT2D eigenvalue weighted by molar-refractivity contribution is 0.0939. The fourth-order valence-electron chi connectivity index (χ4n) is 2.14. The van der Waals surface area contributed by atoms with Gasteiger partial charge in [0.05, 0.1) is 10.9 Å². The van der Waals surface area contributed by atoms with Crippen LogP contribution in [0.5, 0.6) is 0 Å². The Morgan fingerprint density at radius 1 is 1.17 bits per heavy atom. The van der Waals surface area contributed by atoms with Gasteiger partial charge in [0, 0.05) is 18.0 Å². The number of aryl methyl sites for hydroxylation is 1. The quantitative estimate of drug-likeness (QED) is 0.873. The number of amides is 1. The highest BCUT2D eigenvalue weighted by atomic mass is 32.2. The van der Waals surface area contributed by atoms with Gasteiger partial charge < -0.3 is 5.32 Å². The molecule has 0 saturated heterocycles. The number of pyridine rings is 1. The van der Waals surface area contributed by atoms with E-state index in [9.17, 15) is 13.2 Å². The van der Waals surface area contributed by atoms with Gasteiger partial charge >= 0.3 is 0 Å². The van der Waals surface area contributed by atoms with Gasteiger partial charge in [0.2, 0.25) is 10.0 Å². The second kappa shape index (κ2) is 6.89. The van der Waals surface area contributed by atoms with Crippen molar-refractivity contribution < 1.29 is 13.2 Å². The first-order valence-corrected chi connectivity index (χ1v) is 8.58. The summed E-state index contributed by atoms with van der Waals surface area (Å²) in [6.45, 7) is 3.62. The molecule has 0 unspecified atom stereocenters. The van der Waals surface area contributed by atoms with Crippen molar-refractivity contribution in [2.45, 2.75) is 24.8 Å². The van der Waals surface area contributed by atoms with Gasteiger partial charge in [0.1, 0.15) is 0 Å². The molecule has 2 N–H and O–H groups in total. The maximum atomic E-state index is 12.5. The molecule has 0 fully saturated rings. The van der Waals surface area contributed by atoms with Crippen LogP contribution in [0.4, 0.5) is 0 Å². The average molecular weight is 333 g/mol. The number of nitrogens with zero attached hydrogens (tertiary/aromatic N) is 1. The lowest BCUT2D eigenvalue weighted by atomic mass is 10.1. The highest BCUT2D eigenvalue weighted by molar-refractivity contribution is 7.89. The summed E-state index contributed by atoms with van der Waals surface area (Å²) in [4.78, 5) is 16.5. The SMILES string of the molecule is CNS(=O)(=O)c1ccc(C)c(C(=O)N[C@@H](C)c2ccncc2)c1. The Kier molecular flexibility index (Phi) is 5.12. The number of carbonyl (C=O) groups excluding carboxylic acids is 1. The Labute approximate surface area is 136 Å². The molecule has 0 aliphatic carbocycles. The van der Waals surface area contributed by atoms with Crippen LogP contribution in [0.15, 0.2) is 47.6 Å². The van der Waals surface area contributed by atoms with Gasteiger partial charge in [-0.2, -0.15) is 0 Å². The molecule has 6 nitrogen and oxygen atoms in total. The summed E-state index contributed by atoms with van der Waals surface area (Å²) in [7, 11) is -2.26. The molecule has 2 aromatic rings. The number of sulfonamides is 1. The molecule has 0 aliphatic rings. The van der Waals surface area contributed by atoms with Crippen LogP contribution in [0.25, 0.3) is 0 Å². The Hall–Kier alpha value is -2.25. The van der Waals surface area contributed by atoms with Crippen molar-refractivity contribution in [3.8, 4) is 0 Å². The van der Waals surface area contributed by atoms with E-state index in [2.05, 4.69) is 15.0 Å². The minimum Gasteiger partial charge on any atom is -0.346 e. The molecule has 1 aromatic heterocycles. The van der Waals surface area contributed by atoms with Crippen molar-refractivity contribution in [1.29, 1.82) is 0 Å². The number of aromatic nitrogens is 1. The molecule has 0 radical (unpaired) electrons. The number of nitrogens with one attached hydrogen (secondary N) is 2. The summed E-state index contributed by atoms with van der Waals surface area (Å²) in [5.41, 5.74) is 1.96. The summed E-state index contributed by atoms with van der Waals surface area (Å²) in [6.07, 6.45) is 3.31. The number of hydrogen-bond donors (Lipinski definition) is 2. The summed E-state index contributed by atoms with van der Waals surface area (Å²) in [6, 6.07) is 7.91. The van der Waals surface area contributed by atoms with Crippen molar-refractivity contribution in [3.05, 3.63) is 59.4 Å². The molecule has 1 amide bonds. The van der Waals surface area contributed by atoms with Crippen molar-refractivity contribution in [1.82, 2.24) is 15.0 Å². The molecule has 0 spiro atoms. The molecular formula is C16H19N3O3S. The first-order valence-electron chi connectivity index (χ1n) is 7.10. The zero-order chi connectivity index (χ0) is 17.0. The zero-order valence-corrected chi connectivity index (χ0v) is 14.0. The van der Waals surface area contributed by atoms with Crippen LogP contribution in [0.1, 0.15) is 34.5 Å². The molecule has 1 aromatic carbocycles. The molecule has 7 heteroatoms. The maximum Gasteiger partial charge on any atom is 0.252 e. The Morgan fingerprint density at radius 3 is 2.43 bits per heavy atom. The van der Waals surface area contributed by atoms with Crippen molar-refractivity contribution >= 4 is 15.9 Å². The van der Waals surface area contributed by atoms with Gasteiger partial charge in [-0.15, -0.1) is 0 Å². The molecular weight excluding hydrogens is 314 g/mol. The van der Waals surface area contributed by atoms with Gasteiger partial charge in [-0.1, -0.05) is 6.07 Å². The first-order chi connectivity index (χ1) is 10.8. The van der Waals surface area contributed by atoms with Gasteiger partial charge in [0.15, 0.2) is 0 Å². The van der Waals surface area contributed by atoms with Crippen LogP contribution in [0.2, 0.25) is 0 Å². The maximum absolute atomic E-state index is 12.5. The van der Waals surface area contributed by atoms with Crippen LogP contribution >= 0.6 is 0 Å². The van der Waals surface area contributed by atoms with E-state index in [0.717, 1.165) is 5.56 Å². The predicted molar refractivity (Wildman–Crippen MR) is 87.5 cm³/mol. The number of rotatable bonds is 5. The molecule has 0 saturated carbocycles. The summed E-state index contributed by atoms with van der Waals surface area (Å²) >= 11 is 0. The minimum absolute atomic E-state index is 0.0623. The third-order valence-electron chi connectivity index (χ3n) is 3.59. The molecule has 2 rings (SSSR count). The van der Waals surface area contributed by atoms with Crippen molar-refractivity contribution in [3.63, 3.8) is 0 Å². The van der Waals surface area contributed by atoms with E-state index in [1.165, 1.54) is 19.2 Å². The summed E-state index contributed by atoms with van der Waals surface area (Å²) in [5.74, 6) is -0.319. The lowest BCUT2D eigenvalue weighted by Crippen LogP contribution is -2.28. The van der Waals surface area contributed by atoms with E-state index in [1.54, 1.807) is 25.4 Å². The van der Waals surface area contributed by atoms with E-state index in [0.29, 0.717) is 11.1 Å². The Morgan fingerprint density at radius 2 is 1.83 bits per heavy atom. The van der Waals surface area contributed by atoms with Crippen LogP contribution in [-0.4, -0.2) is 26.4 Å². The van der Waals surface area contributed by atoms with Crippen LogP contribution in [0.3, 0.4) is 0 Å². The van der Waals surface area contributed by atoms with E-state index >= 15 is 0 Å². The number of benzene rings is 1. The van der Waals surface area contributed by atoms with Crippen LogP contribution in [0, 0.1) is 6.92 Å². The van der Waals surface area contributed by atoms with Crippen molar-refractivity contribution in [2.75, 3.05) is 7.05 Å². The van der Waals surface area contributed by atoms with Crippen LogP contribution in [-0.2, 0) is 10.0 Å². The highest BCUT2D eigenvalue weighted by Crippen LogP contribution is 2.17. The van der Waals surface area contributed by atoms with Gasteiger partial charge in [-0.25, -0.2) is 13.1 Å². The molecule has 23 heavy (non-hydrogen) atoms. The standard InChI is InChI=1S/C16H19N3O3S/c1-11-4-5-14(23(21,22)17-3)10-15(11)16(20)19-12(2)13-6-8-18-9-7-13/h4-10,12,17H,1-3H3,(H,19,20)/t12-/m0/s1. The third kappa shape index (κ3) is 3.94. The minimum atomic E-state index is -3.59. The highest BCUT2D eigenvalue weighted by Gasteiger charge is 2.18. The second-order valence-corrected chi connectivity index (χ2v) is 7.05. The normalized spacial score (nSPS) is 12.7. The van der Waals surface area contributed by atoms with Crippen molar-refractivity contribution in [2.24, 2.45) is 0 Å². The van der Waals surface area contributed by atoms with Gasteiger partial charge in [-0.05, 0) is 56.3 Å². The molecule has 1 heterocycles. The van der Waals surface area contributed by atoms with E-state index in [1.807, 2.05) is 19.1 Å². The zero-order valence-electron chi connectivity index (χ0n) is 13.2. The van der Waals surface area contributed by atoms with Crippen LogP contribution < -0.4 is 10.0 Å². The Balaban J connectivity index is 2.27. The van der Waals surface area contributed by atoms with Gasteiger partial charge in [0.25, 0.3) is 5.91 Å². The Bertz CT molecular complexity index is 805. The third-order valence-corrected chi connectivity index (χ3v) is 5.00. The molecule has 122 valence electrons. The second-order valence-electron chi connectivity index (χ2n) is 5.16. The van der Waals surface area contributed by atoms with E-state index in [4.69, 9.17) is 0 Å². The lowest BCUT2D eigenvalue weighted by Gasteiger charge is -2.15. The first kappa shape index (κ1) is 17.1. The summed E-state index contributed by atoms with van der Waals surface area (Å²) in [5, 5.41) is 2.87. The molecule has 0 aliphatic heterocycles.